The molecule has 110 valence electrons. The summed E-state index contributed by atoms with van der Waals surface area (Å²) < 4.78 is 29.6. The van der Waals surface area contributed by atoms with Gasteiger partial charge in [-0.05, 0) is 17.7 Å². The highest BCUT2D eigenvalue weighted by atomic mass is 32.2. The lowest BCUT2D eigenvalue weighted by Gasteiger charge is -2.16. The standard InChI is InChI=1S/C15H15NO4S/c1-16-15(17)14(12-8-4-2-5-9-12)20-21(18,19)13-10-6-3-7-11-13/h2-11,14H,1H3,(H,16,17)/t14-/m0/s1. The van der Waals surface area contributed by atoms with Gasteiger partial charge < -0.3 is 5.32 Å². The SMILES string of the molecule is CNC(=O)[C@@H](OS(=O)(=O)c1ccccc1)c1ccccc1. The van der Waals surface area contributed by atoms with Gasteiger partial charge >= 0.3 is 0 Å². The van der Waals surface area contributed by atoms with Gasteiger partial charge in [0.2, 0.25) is 0 Å². The number of nitrogens with one attached hydrogen (secondary N) is 1. The minimum absolute atomic E-state index is 0.00911. The van der Waals surface area contributed by atoms with Crippen molar-refractivity contribution in [2.45, 2.75) is 11.0 Å². The predicted molar refractivity (Wildman–Crippen MR) is 78.0 cm³/mol. The second-order valence-corrected chi connectivity index (χ2v) is 5.84. The summed E-state index contributed by atoms with van der Waals surface area (Å²) in [7, 11) is -2.60. The maximum atomic E-state index is 12.2. The summed E-state index contributed by atoms with van der Waals surface area (Å²) in [5.41, 5.74) is 0.469. The molecule has 1 N–H and O–H groups in total. The molecule has 0 aliphatic carbocycles. The second-order valence-electron chi connectivity index (χ2n) is 4.27. The van der Waals surface area contributed by atoms with E-state index in [1.54, 1.807) is 48.5 Å². The van der Waals surface area contributed by atoms with Crippen LogP contribution in [0, 0.1) is 0 Å². The van der Waals surface area contributed by atoms with Crippen molar-refractivity contribution in [1.82, 2.24) is 5.32 Å². The Kier molecular flexibility index (Phi) is 4.72. The molecule has 2 aromatic carbocycles. The third-order valence-corrected chi connectivity index (χ3v) is 4.14. The number of carbonyl (C=O) groups is 1. The molecule has 0 aliphatic rings. The second kappa shape index (κ2) is 6.51. The highest BCUT2D eigenvalue weighted by Gasteiger charge is 2.28. The molecule has 0 saturated heterocycles. The monoisotopic (exact) mass is 305 g/mol. The molecule has 1 amide bonds. The summed E-state index contributed by atoms with van der Waals surface area (Å²) >= 11 is 0. The Labute approximate surface area is 123 Å². The van der Waals surface area contributed by atoms with Crippen LogP contribution in [0.25, 0.3) is 0 Å². The molecular formula is C15H15NO4S. The van der Waals surface area contributed by atoms with Gasteiger partial charge in [0.15, 0.2) is 6.10 Å². The molecule has 6 heteroatoms. The number of likely N-dealkylation sites (N-methyl/N-ethyl adjacent to an activating group) is 1. The Morgan fingerprint density at radius 1 is 1.00 bits per heavy atom. The van der Waals surface area contributed by atoms with Crippen molar-refractivity contribution in [2.24, 2.45) is 0 Å². The topological polar surface area (TPSA) is 72.5 Å². The Morgan fingerprint density at radius 2 is 1.52 bits per heavy atom. The van der Waals surface area contributed by atoms with E-state index in [0.29, 0.717) is 5.56 Å². The number of carbonyl (C=O) groups excluding carboxylic acids is 1. The van der Waals surface area contributed by atoms with Crippen LogP contribution in [0.5, 0.6) is 0 Å². The van der Waals surface area contributed by atoms with Crippen LogP contribution in [-0.4, -0.2) is 21.4 Å². The fourth-order valence-corrected chi connectivity index (χ4v) is 2.83. The van der Waals surface area contributed by atoms with Gasteiger partial charge in [-0.25, -0.2) is 4.18 Å². The molecular weight excluding hydrogens is 290 g/mol. The van der Waals surface area contributed by atoms with Crippen LogP contribution in [-0.2, 0) is 19.1 Å². The Hall–Kier alpha value is -2.18. The average molecular weight is 305 g/mol. The molecule has 0 heterocycles. The third-order valence-electron chi connectivity index (χ3n) is 2.84. The Morgan fingerprint density at radius 3 is 2.05 bits per heavy atom. The number of amides is 1. The summed E-state index contributed by atoms with van der Waals surface area (Å²) in [5.74, 6) is -0.527. The number of hydrogen-bond acceptors (Lipinski definition) is 4. The minimum atomic E-state index is -4.02. The van der Waals surface area contributed by atoms with Crippen LogP contribution in [0.1, 0.15) is 11.7 Å². The first-order valence-electron chi connectivity index (χ1n) is 6.29. The predicted octanol–water partition coefficient (Wildman–Crippen LogP) is 1.88. The van der Waals surface area contributed by atoms with E-state index in [2.05, 4.69) is 5.32 Å². The van der Waals surface area contributed by atoms with E-state index >= 15 is 0 Å². The molecule has 1 atom stereocenters. The first-order chi connectivity index (χ1) is 10.0. The lowest BCUT2D eigenvalue weighted by Crippen LogP contribution is -2.29. The summed E-state index contributed by atoms with van der Waals surface area (Å²) in [5, 5.41) is 2.41. The summed E-state index contributed by atoms with van der Waals surface area (Å²) in [6.07, 6.45) is -1.22. The molecule has 2 aromatic rings. The summed E-state index contributed by atoms with van der Waals surface area (Å²) in [6, 6.07) is 16.2. The molecule has 0 spiro atoms. The maximum Gasteiger partial charge on any atom is 0.298 e. The van der Waals surface area contributed by atoms with Crippen molar-refractivity contribution in [1.29, 1.82) is 0 Å². The van der Waals surface area contributed by atoms with Crippen molar-refractivity contribution in [3.8, 4) is 0 Å². The van der Waals surface area contributed by atoms with Gasteiger partial charge in [-0.2, -0.15) is 8.42 Å². The highest BCUT2D eigenvalue weighted by Crippen LogP contribution is 2.23. The maximum absolute atomic E-state index is 12.2. The van der Waals surface area contributed by atoms with E-state index in [9.17, 15) is 13.2 Å². The molecule has 0 saturated carbocycles. The zero-order valence-electron chi connectivity index (χ0n) is 11.4. The lowest BCUT2D eigenvalue weighted by molar-refractivity contribution is -0.127. The molecule has 0 fully saturated rings. The van der Waals surface area contributed by atoms with Gasteiger partial charge in [0.05, 0.1) is 4.90 Å². The number of hydrogen-bond donors (Lipinski definition) is 1. The van der Waals surface area contributed by atoms with E-state index < -0.39 is 22.1 Å². The Bertz CT molecular complexity index is 699. The van der Waals surface area contributed by atoms with Gasteiger partial charge in [-0.15, -0.1) is 0 Å². The fourth-order valence-electron chi connectivity index (χ4n) is 1.78. The van der Waals surface area contributed by atoms with Crippen molar-refractivity contribution in [3.63, 3.8) is 0 Å². The first kappa shape index (κ1) is 15.2. The van der Waals surface area contributed by atoms with Crippen LogP contribution < -0.4 is 5.32 Å². The fraction of sp³-hybridized carbons (Fsp3) is 0.133. The summed E-state index contributed by atoms with van der Waals surface area (Å²) in [4.78, 5) is 11.9. The number of benzene rings is 2. The molecule has 0 aliphatic heterocycles. The van der Waals surface area contributed by atoms with Crippen molar-refractivity contribution < 1.29 is 17.4 Å². The quantitative estimate of drug-likeness (QED) is 0.856. The average Bonchev–Trinajstić information content (AvgIpc) is 2.53. The molecule has 0 radical (unpaired) electrons. The van der Waals surface area contributed by atoms with Crippen LogP contribution >= 0.6 is 0 Å². The van der Waals surface area contributed by atoms with Gasteiger partial charge in [-0.3, -0.25) is 4.79 Å². The summed E-state index contributed by atoms with van der Waals surface area (Å²) in [6.45, 7) is 0. The number of rotatable bonds is 5. The Balaban J connectivity index is 2.34. The van der Waals surface area contributed by atoms with Gasteiger partial charge in [-0.1, -0.05) is 48.5 Å². The van der Waals surface area contributed by atoms with Crippen LogP contribution in [0.4, 0.5) is 0 Å². The highest BCUT2D eigenvalue weighted by molar-refractivity contribution is 7.86. The molecule has 0 aromatic heterocycles. The van der Waals surface area contributed by atoms with Crippen molar-refractivity contribution >= 4 is 16.0 Å². The normalized spacial score (nSPS) is 12.6. The van der Waals surface area contributed by atoms with Crippen LogP contribution in [0.2, 0.25) is 0 Å². The van der Waals surface area contributed by atoms with E-state index in [1.807, 2.05) is 0 Å². The molecule has 21 heavy (non-hydrogen) atoms. The van der Waals surface area contributed by atoms with E-state index in [0.717, 1.165) is 0 Å². The third kappa shape index (κ3) is 3.68. The van der Waals surface area contributed by atoms with E-state index in [-0.39, 0.29) is 4.90 Å². The van der Waals surface area contributed by atoms with Crippen LogP contribution in [0.15, 0.2) is 65.6 Å². The molecule has 5 nitrogen and oxygen atoms in total. The zero-order chi connectivity index (χ0) is 15.3. The molecule has 0 bridgehead atoms. The molecule has 0 unspecified atom stereocenters. The first-order valence-corrected chi connectivity index (χ1v) is 7.70. The minimum Gasteiger partial charge on any atom is -0.357 e. The lowest BCUT2D eigenvalue weighted by atomic mass is 10.1. The van der Waals surface area contributed by atoms with Crippen molar-refractivity contribution in [2.75, 3.05) is 7.05 Å². The smallest absolute Gasteiger partial charge is 0.298 e. The van der Waals surface area contributed by atoms with Gasteiger partial charge in [0.1, 0.15) is 0 Å². The largest absolute Gasteiger partial charge is 0.357 e. The molecule has 2 rings (SSSR count). The van der Waals surface area contributed by atoms with Gasteiger partial charge in [0, 0.05) is 7.05 Å². The van der Waals surface area contributed by atoms with Crippen LogP contribution in [0.3, 0.4) is 0 Å². The van der Waals surface area contributed by atoms with E-state index in [4.69, 9.17) is 4.18 Å². The van der Waals surface area contributed by atoms with Crippen molar-refractivity contribution in [3.05, 3.63) is 66.2 Å². The zero-order valence-corrected chi connectivity index (χ0v) is 12.2. The van der Waals surface area contributed by atoms with Gasteiger partial charge in [0.25, 0.3) is 16.0 Å². The van der Waals surface area contributed by atoms with E-state index in [1.165, 1.54) is 19.2 Å².